The Labute approximate surface area is 160 Å². The lowest BCUT2D eigenvalue weighted by Gasteiger charge is -2.19. The van der Waals surface area contributed by atoms with Gasteiger partial charge in [-0.2, -0.15) is 0 Å². The molecule has 1 atom stereocenters. The summed E-state index contributed by atoms with van der Waals surface area (Å²) in [6, 6.07) is 12.8. The van der Waals surface area contributed by atoms with Crippen LogP contribution in [0.15, 0.2) is 46.9 Å². The van der Waals surface area contributed by atoms with Gasteiger partial charge in [-0.1, -0.05) is 28.1 Å². The van der Waals surface area contributed by atoms with Gasteiger partial charge in [0.2, 0.25) is 0 Å². The van der Waals surface area contributed by atoms with Gasteiger partial charge in [-0.25, -0.2) is 0 Å². The lowest BCUT2D eigenvalue weighted by atomic mass is 10.0. The average Bonchev–Trinajstić information content (AvgIpc) is 3.26. The fourth-order valence-electron chi connectivity index (χ4n) is 3.52. The molecule has 2 heterocycles. The number of amides is 2. The number of fused-ring (bicyclic) bond motifs is 1. The van der Waals surface area contributed by atoms with E-state index in [9.17, 15) is 9.59 Å². The average molecular weight is 415 g/mol. The molecule has 26 heavy (non-hydrogen) atoms. The lowest BCUT2D eigenvalue weighted by molar-refractivity contribution is 0.0544. The molecule has 2 amide bonds. The topological polar surface area (TPSA) is 58.6 Å². The van der Waals surface area contributed by atoms with E-state index in [1.54, 1.807) is 11.0 Å². The minimum Gasteiger partial charge on any atom is -0.376 e. The molecule has 5 nitrogen and oxygen atoms in total. The van der Waals surface area contributed by atoms with E-state index in [4.69, 9.17) is 4.74 Å². The Kier molecular flexibility index (Phi) is 4.78. The second-order valence-corrected chi connectivity index (χ2v) is 7.54. The molecule has 0 aliphatic carbocycles. The quantitative estimate of drug-likeness (QED) is 0.826. The number of ether oxygens (including phenoxy) is 1. The first kappa shape index (κ1) is 17.2. The van der Waals surface area contributed by atoms with Crippen molar-refractivity contribution in [2.75, 3.05) is 18.5 Å². The van der Waals surface area contributed by atoms with Gasteiger partial charge in [-0.05, 0) is 48.7 Å². The van der Waals surface area contributed by atoms with E-state index >= 15 is 0 Å². The molecule has 0 aromatic heterocycles. The molecule has 0 bridgehead atoms. The highest BCUT2D eigenvalue weighted by molar-refractivity contribution is 9.10. The highest BCUT2D eigenvalue weighted by Crippen LogP contribution is 2.28. The maximum Gasteiger partial charge on any atom is 0.256 e. The van der Waals surface area contributed by atoms with Gasteiger partial charge in [0, 0.05) is 29.9 Å². The number of nitrogens with one attached hydrogen (secondary N) is 1. The number of benzene rings is 2. The molecule has 4 rings (SSSR count). The van der Waals surface area contributed by atoms with Crippen LogP contribution in [0.4, 0.5) is 5.69 Å². The summed E-state index contributed by atoms with van der Waals surface area (Å²) in [5.41, 5.74) is 2.53. The maximum absolute atomic E-state index is 12.9. The van der Waals surface area contributed by atoms with Crippen molar-refractivity contribution in [1.82, 2.24) is 4.90 Å². The van der Waals surface area contributed by atoms with Gasteiger partial charge in [0.15, 0.2) is 0 Å². The van der Waals surface area contributed by atoms with Gasteiger partial charge in [-0.3, -0.25) is 9.59 Å². The van der Waals surface area contributed by atoms with Crippen molar-refractivity contribution in [3.05, 3.63) is 63.6 Å². The minimum absolute atomic E-state index is 0.0861. The number of halogens is 1. The number of hydrogen-bond donors (Lipinski definition) is 1. The van der Waals surface area contributed by atoms with Gasteiger partial charge < -0.3 is 15.0 Å². The molecule has 1 saturated heterocycles. The number of nitrogens with zero attached hydrogens (tertiary/aromatic N) is 1. The summed E-state index contributed by atoms with van der Waals surface area (Å²) in [7, 11) is 0. The van der Waals surface area contributed by atoms with Crippen molar-refractivity contribution < 1.29 is 14.3 Å². The smallest absolute Gasteiger partial charge is 0.256 e. The molecular formula is C20H19BrN2O3. The highest BCUT2D eigenvalue weighted by Gasteiger charge is 2.33. The van der Waals surface area contributed by atoms with Crippen LogP contribution < -0.4 is 5.32 Å². The second-order valence-electron chi connectivity index (χ2n) is 6.62. The van der Waals surface area contributed by atoms with Crippen molar-refractivity contribution in [2.45, 2.75) is 25.5 Å². The molecule has 2 aromatic rings. The molecule has 134 valence electrons. The standard InChI is InChI=1S/C20H19BrN2O3/c21-14-6-8-15(9-7-14)22-19(24)17-5-1-3-13-11-23(20(25)18(13)17)12-16-4-2-10-26-16/h1,3,5-9,16H,2,4,10-12H2,(H,22,24). The van der Waals surface area contributed by atoms with E-state index in [0.29, 0.717) is 29.9 Å². The molecule has 1 fully saturated rings. The maximum atomic E-state index is 12.9. The Morgan fingerprint density at radius 3 is 2.77 bits per heavy atom. The minimum atomic E-state index is -0.267. The van der Waals surface area contributed by atoms with Crippen LogP contribution in [0.2, 0.25) is 0 Å². The predicted molar refractivity (Wildman–Crippen MR) is 102 cm³/mol. The zero-order valence-corrected chi connectivity index (χ0v) is 15.8. The predicted octanol–water partition coefficient (Wildman–Crippen LogP) is 3.84. The van der Waals surface area contributed by atoms with Crippen molar-refractivity contribution in [3.63, 3.8) is 0 Å². The Hall–Kier alpha value is -2.18. The van der Waals surface area contributed by atoms with E-state index in [-0.39, 0.29) is 17.9 Å². The molecule has 6 heteroatoms. The monoisotopic (exact) mass is 414 g/mol. The van der Waals surface area contributed by atoms with Crippen LogP contribution in [-0.4, -0.2) is 36.0 Å². The normalized spacial score (nSPS) is 18.9. The molecule has 2 aliphatic heterocycles. The molecule has 0 radical (unpaired) electrons. The SMILES string of the molecule is O=C(Nc1ccc(Br)cc1)c1cccc2c1C(=O)N(CC1CCCO1)C2. The van der Waals surface area contributed by atoms with Crippen molar-refractivity contribution in [2.24, 2.45) is 0 Å². The van der Waals surface area contributed by atoms with Gasteiger partial charge in [-0.15, -0.1) is 0 Å². The summed E-state index contributed by atoms with van der Waals surface area (Å²) in [5, 5.41) is 2.87. The third-order valence-electron chi connectivity index (χ3n) is 4.81. The highest BCUT2D eigenvalue weighted by atomic mass is 79.9. The molecule has 1 unspecified atom stereocenters. The van der Waals surface area contributed by atoms with Crippen LogP contribution in [0.5, 0.6) is 0 Å². The number of carbonyl (C=O) groups is 2. The fourth-order valence-corrected chi connectivity index (χ4v) is 3.79. The van der Waals surface area contributed by atoms with Gasteiger partial charge in [0.05, 0.1) is 17.2 Å². The third-order valence-corrected chi connectivity index (χ3v) is 5.34. The zero-order chi connectivity index (χ0) is 18.1. The summed E-state index contributed by atoms with van der Waals surface area (Å²) in [4.78, 5) is 27.4. The van der Waals surface area contributed by atoms with E-state index in [2.05, 4.69) is 21.2 Å². The Bertz CT molecular complexity index is 845. The van der Waals surface area contributed by atoms with E-state index in [1.165, 1.54) is 0 Å². The molecule has 2 aromatic carbocycles. The number of rotatable bonds is 4. The van der Waals surface area contributed by atoms with Crippen molar-refractivity contribution >= 4 is 33.4 Å². The van der Waals surface area contributed by atoms with Gasteiger partial charge in [0.25, 0.3) is 11.8 Å². The first-order valence-corrected chi connectivity index (χ1v) is 9.51. The van der Waals surface area contributed by atoms with Crippen LogP contribution in [0.25, 0.3) is 0 Å². The largest absolute Gasteiger partial charge is 0.376 e. The summed E-state index contributed by atoms with van der Waals surface area (Å²) in [6.07, 6.45) is 2.13. The second kappa shape index (κ2) is 7.21. The van der Waals surface area contributed by atoms with Crippen molar-refractivity contribution in [1.29, 1.82) is 0 Å². The van der Waals surface area contributed by atoms with E-state index < -0.39 is 0 Å². The number of hydrogen-bond acceptors (Lipinski definition) is 3. The molecule has 1 N–H and O–H groups in total. The molecule has 0 saturated carbocycles. The van der Waals surface area contributed by atoms with Crippen LogP contribution in [-0.2, 0) is 11.3 Å². The first-order valence-electron chi connectivity index (χ1n) is 8.71. The van der Waals surface area contributed by atoms with Crippen molar-refractivity contribution in [3.8, 4) is 0 Å². The molecule has 2 aliphatic rings. The summed E-state index contributed by atoms with van der Waals surface area (Å²) < 4.78 is 6.59. The summed E-state index contributed by atoms with van der Waals surface area (Å²) in [5.74, 6) is -0.353. The first-order chi connectivity index (χ1) is 12.6. The van der Waals surface area contributed by atoms with E-state index in [1.807, 2.05) is 36.4 Å². The van der Waals surface area contributed by atoms with Crippen LogP contribution >= 0.6 is 15.9 Å². The number of anilines is 1. The van der Waals surface area contributed by atoms with Crippen LogP contribution in [0.3, 0.4) is 0 Å². The van der Waals surface area contributed by atoms with Gasteiger partial charge in [0.1, 0.15) is 0 Å². The lowest BCUT2D eigenvalue weighted by Crippen LogP contribution is -2.32. The summed E-state index contributed by atoms with van der Waals surface area (Å²) in [6.45, 7) is 1.88. The summed E-state index contributed by atoms with van der Waals surface area (Å²) >= 11 is 3.37. The Morgan fingerprint density at radius 1 is 1.23 bits per heavy atom. The Balaban J connectivity index is 1.54. The van der Waals surface area contributed by atoms with Crippen LogP contribution in [0.1, 0.15) is 39.1 Å². The molecular weight excluding hydrogens is 396 g/mol. The fraction of sp³-hybridized carbons (Fsp3) is 0.300. The zero-order valence-electron chi connectivity index (χ0n) is 14.2. The third kappa shape index (κ3) is 3.39. The molecule has 0 spiro atoms. The number of carbonyl (C=O) groups excluding carboxylic acids is 2. The van der Waals surface area contributed by atoms with Crippen LogP contribution in [0, 0.1) is 0 Å². The van der Waals surface area contributed by atoms with E-state index in [0.717, 1.165) is 29.5 Å². The Morgan fingerprint density at radius 2 is 2.04 bits per heavy atom. The van der Waals surface area contributed by atoms with Gasteiger partial charge >= 0.3 is 0 Å².